The van der Waals surface area contributed by atoms with E-state index >= 15 is 0 Å². The van der Waals surface area contributed by atoms with Gasteiger partial charge in [0.25, 0.3) is 0 Å². The molecule has 0 spiro atoms. The monoisotopic (exact) mass is 319 g/mol. The van der Waals surface area contributed by atoms with Crippen LogP contribution in [0.4, 0.5) is 4.79 Å². The number of fused-ring (bicyclic) bond motifs is 1. The van der Waals surface area contributed by atoms with Crippen molar-refractivity contribution in [2.24, 2.45) is 0 Å². The Morgan fingerprint density at radius 2 is 2.41 bits per heavy atom. The SMILES string of the molecule is C[C@H](Cc1ccsc1)NC(=O)NCCc1nnc2n1CCC2. The van der Waals surface area contributed by atoms with Gasteiger partial charge in [-0.25, -0.2) is 4.79 Å². The van der Waals surface area contributed by atoms with Crippen LogP contribution in [0, 0.1) is 0 Å². The Labute approximate surface area is 133 Å². The smallest absolute Gasteiger partial charge is 0.315 e. The minimum Gasteiger partial charge on any atom is -0.338 e. The number of amides is 2. The average molecular weight is 319 g/mol. The summed E-state index contributed by atoms with van der Waals surface area (Å²) >= 11 is 1.68. The van der Waals surface area contributed by atoms with Gasteiger partial charge in [-0.15, -0.1) is 10.2 Å². The van der Waals surface area contributed by atoms with E-state index < -0.39 is 0 Å². The van der Waals surface area contributed by atoms with Gasteiger partial charge in [-0.3, -0.25) is 0 Å². The first-order chi connectivity index (χ1) is 10.7. The number of aryl methyl sites for hydroxylation is 1. The van der Waals surface area contributed by atoms with E-state index in [1.54, 1.807) is 11.3 Å². The first-order valence-corrected chi connectivity index (χ1v) is 8.63. The fourth-order valence-electron chi connectivity index (χ4n) is 2.77. The van der Waals surface area contributed by atoms with Crippen molar-refractivity contribution in [3.63, 3.8) is 0 Å². The Bertz CT molecular complexity index is 622. The molecule has 0 bridgehead atoms. The zero-order chi connectivity index (χ0) is 15.4. The van der Waals surface area contributed by atoms with Gasteiger partial charge in [0.15, 0.2) is 0 Å². The summed E-state index contributed by atoms with van der Waals surface area (Å²) in [4.78, 5) is 11.9. The van der Waals surface area contributed by atoms with Gasteiger partial charge in [0.1, 0.15) is 11.6 Å². The van der Waals surface area contributed by atoms with E-state index in [9.17, 15) is 4.79 Å². The Morgan fingerprint density at radius 3 is 3.23 bits per heavy atom. The molecule has 0 radical (unpaired) electrons. The van der Waals surface area contributed by atoms with Gasteiger partial charge in [-0.05, 0) is 42.2 Å². The topological polar surface area (TPSA) is 71.8 Å². The van der Waals surface area contributed by atoms with Gasteiger partial charge in [-0.1, -0.05) is 0 Å². The summed E-state index contributed by atoms with van der Waals surface area (Å²) in [6, 6.07) is 2.09. The first-order valence-electron chi connectivity index (χ1n) is 7.69. The largest absolute Gasteiger partial charge is 0.338 e. The van der Waals surface area contributed by atoms with Crippen molar-refractivity contribution in [2.75, 3.05) is 6.54 Å². The van der Waals surface area contributed by atoms with Gasteiger partial charge in [0.2, 0.25) is 0 Å². The standard InChI is InChI=1S/C15H21N5OS/c1-11(9-12-5-8-22-10-12)17-15(21)16-6-4-14-19-18-13-3-2-7-20(13)14/h5,8,10-11H,2-4,6-7,9H2,1H3,(H2,16,17,21)/t11-/m1/s1. The van der Waals surface area contributed by atoms with Crippen molar-refractivity contribution in [2.45, 2.75) is 45.2 Å². The van der Waals surface area contributed by atoms with Crippen molar-refractivity contribution in [3.05, 3.63) is 34.0 Å². The fourth-order valence-corrected chi connectivity index (χ4v) is 3.45. The number of hydrogen-bond donors (Lipinski definition) is 2. The van der Waals surface area contributed by atoms with Crippen LogP contribution in [0.3, 0.4) is 0 Å². The Hall–Kier alpha value is -1.89. The summed E-state index contributed by atoms with van der Waals surface area (Å²) in [6.07, 6.45) is 3.74. The second-order valence-corrected chi connectivity index (χ2v) is 6.45. The lowest BCUT2D eigenvalue weighted by Crippen LogP contribution is -2.42. The molecule has 1 aliphatic heterocycles. The number of rotatable bonds is 6. The zero-order valence-corrected chi connectivity index (χ0v) is 13.5. The van der Waals surface area contributed by atoms with Crippen LogP contribution in [0.1, 0.15) is 30.6 Å². The molecule has 22 heavy (non-hydrogen) atoms. The van der Waals surface area contributed by atoms with E-state index in [1.807, 2.05) is 6.92 Å². The molecule has 2 aromatic rings. The fraction of sp³-hybridized carbons (Fsp3) is 0.533. The molecule has 0 fully saturated rings. The summed E-state index contributed by atoms with van der Waals surface area (Å²) in [5, 5.41) is 18.4. The number of hydrogen-bond acceptors (Lipinski definition) is 4. The second-order valence-electron chi connectivity index (χ2n) is 5.67. The van der Waals surface area contributed by atoms with E-state index in [2.05, 4.69) is 42.2 Å². The van der Waals surface area contributed by atoms with Crippen LogP contribution in [0.2, 0.25) is 0 Å². The summed E-state index contributed by atoms with van der Waals surface area (Å²) in [5.41, 5.74) is 1.26. The Balaban J connectivity index is 1.39. The molecule has 3 heterocycles. The molecule has 0 aromatic carbocycles. The molecular weight excluding hydrogens is 298 g/mol. The summed E-state index contributed by atoms with van der Waals surface area (Å²) in [7, 11) is 0. The minimum absolute atomic E-state index is 0.118. The number of thiophene rings is 1. The lowest BCUT2D eigenvalue weighted by atomic mass is 10.1. The van der Waals surface area contributed by atoms with Crippen LogP contribution < -0.4 is 10.6 Å². The molecule has 6 nitrogen and oxygen atoms in total. The van der Waals surface area contributed by atoms with E-state index in [-0.39, 0.29) is 12.1 Å². The predicted octanol–water partition coefficient (Wildman–Crippen LogP) is 1.76. The number of nitrogens with zero attached hydrogens (tertiary/aromatic N) is 3. The third kappa shape index (κ3) is 3.65. The first kappa shape index (κ1) is 15.0. The Kier molecular flexibility index (Phi) is 4.72. The summed E-state index contributed by atoms with van der Waals surface area (Å²) in [6.45, 7) is 3.60. The minimum atomic E-state index is -0.121. The van der Waals surface area contributed by atoms with E-state index in [0.29, 0.717) is 6.54 Å². The third-order valence-electron chi connectivity index (χ3n) is 3.82. The number of aromatic nitrogens is 3. The molecule has 0 saturated heterocycles. The lowest BCUT2D eigenvalue weighted by Gasteiger charge is -2.14. The molecule has 3 rings (SSSR count). The van der Waals surface area contributed by atoms with Crippen molar-refractivity contribution in [1.29, 1.82) is 0 Å². The number of carbonyl (C=O) groups is 1. The highest BCUT2D eigenvalue weighted by atomic mass is 32.1. The zero-order valence-electron chi connectivity index (χ0n) is 12.7. The molecule has 0 aliphatic carbocycles. The third-order valence-corrected chi connectivity index (χ3v) is 4.55. The predicted molar refractivity (Wildman–Crippen MR) is 86.1 cm³/mol. The molecule has 2 N–H and O–H groups in total. The van der Waals surface area contributed by atoms with Crippen molar-refractivity contribution < 1.29 is 4.79 Å². The van der Waals surface area contributed by atoms with Gasteiger partial charge >= 0.3 is 6.03 Å². The number of nitrogens with one attached hydrogen (secondary N) is 2. The van der Waals surface area contributed by atoms with Crippen LogP contribution in [0.15, 0.2) is 16.8 Å². The van der Waals surface area contributed by atoms with Gasteiger partial charge in [0, 0.05) is 32.0 Å². The summed E-state index contributed by atoms with van der Waals surface area (Å²) in [5.74, 6) is 2.04. The van der Waals surface area contributed by atoms with Crippen LogP contribution in [-0.2, 0) is 25.8 Å². The lowest BCUT2D eigenvalue weighted by molar-refractivity contribution is 0.238. The quantitative estimate of drug-likeness (QED) is 0.852. The van der Waals surface area contributed by atoms with Crippen LogP contribution in [-0.4, -0.2) is 33.4 Å². The van der Waals surface area contributed by atoms with Crippen molar-refractivity contribution in [1.82, 2.24) is 25.4 Å². The molecule has 0 unspecified atom stereocenters. The molecule has 7 heteroatoms. The highest BCUT2D eigenvalue weighted by Crippen LogP contribution is 2.13. The van der Waals surface area contributed by atoms with E-state index in [1.165, 1.54) is 5.56 Å². The molecule has 1 atom stereocenters. The number of urea groups is 1. The van der Waals surface area contributed by atoms with E-state index in [4.69, 9.17) is 0 Å². The molecule has 2 aromatic heterocycles. The van der Waals surface area contributed by atoms with Crippen LogP contribution in [0.25, 0.3) is 0 Å². The highest BCUT2D eigenvalue weighted by molar-refractivity contribution is 7.07. The number of carbonyl (C=O) groups excluding carboxylic acids is 1. The van der Waals surface area contributed by atoms with Crippen molar-refractivity contribution >= 4 is 17.4 Å². The molecule has 118 valence electrons. The maximum absolute atomic E-state index is 11.9. The maximum Gasteiger partial charge on any atom is 0.315 e. The summed E-state index contributed by atoms with van der Waals surface area (Å²) < 4.78 is 2.17. The molecular formula is C15H21N5OS. The molecule has 2 amide bonds. The van der Waals surface area contributed by atoms with Gasteiger partial charge < -0.3 is 15.2 Å². The Morgan fingerprint density at radius 1 is 1.50 bits per heavy atom. The molecule has 0 saturated carbocycles. The average Bonchev–Trinajstić information content (AvgIpc) is 3.17. The molecule has 1 aliphatic rings. The van der Waals surface area contributed by atoms with Gasteiger partial charge in [0.05, 0.1) is 0 Å². The van der Waals surface area contributed by atoms with Crippen molar-refractivity contribution in [3.8, 4) is 0 Å². The second kappa shape index (κ2) is 6.91. The normalized spacial score (nSPS) is 14.6. The maximum atomic E-state index is 11.9. The van der Waals surface area contributed by atoms with Gasteiger partial charge in [-0.2, -0.15) is 11.3 Å². The highest BCUT2D eigenvalue weighted by Gasteiger charge is 2.17. The van der Waals surface area contributed by atoms with Crippen LogP contribution in [0.5, 0.6) is 0 Å². The van der Waals surface area contributed by atoms with E-state index in [0.717, 1.165) is 43.9 Å². The van der Waals surface area contributed by atoms with Crippen LogP contribution >= 0.6 is 11.3 Å².